The lowest BCUT2D eigenvalue weighted by atomic mass is 10.1. The van der Waals surface area contributed by atoms with E-state index >= 15 is 0 Å². The van der Waals surface area contributed by atoms with Crippen molar-refractivity contribution >= 4 is 37.2 Å². The van der Waals surface area contributed by atoms with Crippen LogP contribution < -0.4 is 5.32 Å². The van der Waals surface area contributed by atoms with E-state index in [1.54, 1.807) is 0 Å². The van der Waals surface area contributed by atoms with Crippen LogP contribution in [0.2, 0.25) is 0 Å². The first kappa shape index (κ1) is 21.1. The second-order valence-electron chi connectivity index (χ2n) is 3.93. The predicted molar refractivity (Wildman–Crippen MR) is 76.2 cm³/mol. The molecule has 0 aromatic heterocycles. The summed E-state index contributed by atoms with van der Waals surface area (Å²) in [4.78, 5) is 0. The molecular formula is C11H26Cl3N. The van der Waals surface area contributed by atoms with Crippen molar-refractivity contribution in [2.75, 3.05) is 13.1 Å². The van der Waals surface area contributed by atoms with Gasteiger partial charge in [0.25, 0.3) is 0 Å². The fourth-order valence-electron chi connectivity index (χ4n) is 1.86. The summed E-state index contributed by atoms with van der Waals surface area (Å²) in [7, 11) is 0. The molecular weight excluding hydrogens is 252 g/mol. The van der Waals surface area contributed by atoms with Gasteiger partial charge in [0.1, 0.15) is 0 Å². The second-order valence-corrected chi connectivity index (χ2v) is 3.93. The van der Waals surface area contributed by atoms with Crippen molar-refractivity contribution in [1.82, 2.24) is 5.32 Å². The molecule has 0 amide bonds. The SMILES string of the molecule is C1CCCCCNCCCCC1.Cl.Cl.Cl. The Hall–Kier alpha value is 0.830. The average molecular weight is 279 g/mol. The summed E-state index contributed by atoms with van der Waals surface area (Å²) in [5.74, 6) is 0. The lowest BCUT2D eigenvalue weighted by Crippen LogP contribution is -2.16. The quantitative estimate of drug-likeness (QED) is 0.694. The van der Waals surface area contributed by atoms with Gasteiger partial charge in [0.15, 0.2) is 0 Å². The van der Waals surface area contributed by atoms with E-state index in [2.05, 4.69) is 5.32 Å². The molecule has 0 unspecified atom stereocenters. The number of halogens is 3. The first-order valence-corrected chi connectivity index (χ1v) is 5.71. The van der Waals surface area contributed by atoms with E-state index in [0.717, 1.165) is 0 Å². The smallest absolute Gasteiger partial charge is 0.00489 e. The predicted octanol–water partition coefficient (Wildman–Crippen LogP) is 4.37. The highest BCUT2D eigenvalue weighted by Crippen LogP contribution is 2.09. The molecule has 1 N–H and O–H groups in total. The van der Waals surface area contributed by atoms with E-state index in [-0.39, 0.29) is 37.2 Å². The van der Waals surface area contributed by atoms with Crippen molar-refractivity contribution in [2.24, 2.45) is 0 Å². The van der Waals surface area contributed by atoms with Gasteiger partial charge in [-0.25, -0.2) is 0 Å². The van der Waals surface area contributed by atoms with Crippen LogP contribution in [0.15, 0.2) is 0 Å². The monoisotopic (exact) mass is 277 g/mol. The normalized spacial score (nSPS) is 19.2. The van der Waals surface area contributed by atoms with Crippen molar-refractivity contribution in [3.63, 3.8) is 0 Å². The molecule has 4 heteroatoms. The van der Waals surface area contributed by atoms with Crippen LogP contribution in [0.3, 0.4) is 0 Å². The number of hydrogen-bond donors (Lipinski definition) is 1. The fourth-order valence-corrected chi connectivity index (χ4v) is 1.86. The van der Waals surface area contributed by atoms with Gasteiger partial charge >= 0.3 is 0 Å². The van der Waals surface area contributed by atoms with Crippen LogP contribution in [-0.4, -0.2) is 13.1 Å². The standard InChI is InChI=1S/C11H23N.3ClH/c1-2-4-6-8-10-12-11-9-7-5-3-1;;;/h12H,1-11H2;3*1H. The van der Waals surface area contributed by atoms with Gasteiger partial charge in [-0.05, 0) is 25.9 Å². The lowest BCUT2D eigenvalue weighted by molar-refractivity contribution is 0.512. The molecule has 0 radical (unpaired) electrons. The first-order valence-electron chi connectivity index (χ1n) is 5.71. The Morgan fingerprint density at radius 2 is 0.667 bits per heavy atom. The van der Waals surface area contributed by atoms with Crippen LogP contribution in [0.25, 0.3) is 0 Å². The maximum Gasteiger partial charge on any atom is -0.00489 e. The van der Waals surface area contributed by atoms with Gasteiger partial charge in [-0.15, -0.1) is 37.2 Å². The van der Waals surface area contributed by atoms with Crippen molar-refractivity contribution in [2.45, 2.75) is 57.8 Å². The molecule has 0 aliphatic carbocycles. The molecule has 0 aromatic carbocycles. The molecule has 1 aliphatic heterocycles. The summed E-state index contributed by atoms with van der Waals surface area (Å²) in [6, 6.07) is 0. The molecule has 1 fully saturated rings. The van der Waals surface area contributed by atoms with Crippen LogP contribution >= 0.6 is 37.2 Å². The van der Waals surface area contributed by atoms with Gasteiger partial charge in [0.05, 0.1) is 0 Å². The molecule has 1 aliphatic rings. The second kappa shape index (κ2) is 17.2. The fraction of sp³-hybridized carbons (Fsp3) is 1.00. The Morgan fingerprint density at radius 3 is 1.00 bits per heavy atom. The minimum Gasteiger partial charge on any atom is -0.317 e. The molecule has 1 rings (SSSR count). The molecule has 1 heterocycles. The summed E-state index contributed by atoms with van der Waals surface area (Å²) in [5, 5.41) is 3.50. The lowest BCUT2D eigenvalue weighted by Gasteiger charge is -2.07. The van der Waals surface area contributed by atoms with E-state index in [9.17, 15) is 0 Å². The third-order valence-corrected chi connectivity index (χ3v) is 2.71. The van der Waals surface area contributed by atoms with E-state index in [1.165, 1.54) is 70.9 Å². The maximum absolute atomic E-state index is 3.50. The average Bonchev–Trinajstić information content (AvgIpc) is 2.05. The highest BCUT2D eigenvalue weighted by molar-refractivity contribution is 5.86. The van der Waals surface area contributed by atoms with Crippen molar-refractivity contribution < 1.29 is 0 Å². The van der Waals surface area contributed by atoms with Crippen molar-refractivity contribution in [1.29, 1.82) is 0 Å². The summed E-state index contributed by atoms with van der Waals surface area (Å²) in [6.45, 7) is 2.50. The highest BCUT2D eigenvalue weighted by Gasteiger charge is 1.95. The van der Waals surface area contributed by atoms with E-state index in [1.807, 2.05) is 0 Å². The molecule has 96 valence electrons. The summed E-state index contributed by atoms with van der Waals surface area (Å²) < 4.78 is 0. The maximum atomic E-state index is 3.50. The molecule has 0 saturated carbocycles. The summed E-state index contributed by atoms with van der Waals surface area (Å²) in [5.41, 5.74) is 0. The number of nitrogens with one attached hydrogen (secondary N) is 1. The van der Waals surface area contributed by atoms with Crippen molar-refractivity contribution in [3.05, 3.63) is 0 Å². The Bertz CT molecular complexity index is 58.8. The molecule has 15 heavy (non-hydrogen) atoms. The van der Waals surface area contributed by atoms with Crippen LogP contribution in [0.1, 0.15) is 57.8 Å². The Balaban J connectivity index is -0.000000480. The first-order chi connectivity index (χ1) is 6.00. The van der Waals surface area contributed by atoms with Crippen LogP contribution in [0, 0.1) is 0 Å². The molecule has 0 spiro atoms. The Kier molecular flexibility index (Phi) is 24.3. The largest absolute Gasteiger partial charge is 0.317 e. The zero-order valence-corrected chi connectivity index (χ0v) is 12.0. The highest BCUT2D eigenvalue weighted by atomic mass is 35.5. The van der Waals surface area contributed by atoms with Gasteiger partial charge in [0.2, 0.25) is 0 Å². The van der Waals surface area contributed by atoms with E-state index < -0.39 is 0 Å². The number of hydrogen-bond acceptors (Lipinski definition) is 1. The Labute approximate surface area is 113 Å². The molecule has 0 aromatic rings. The van der Waals surface area contributed by atoms with Gasteiger partial charge < -0.3 is 5.32 Å². The Morgan fingerprint density at radius 1 is 0.400 bits per heavy atom. The zero-order chi connectivity index (χ0) is 8.49. The summed E-state index contributed by atoms with van der Waals surface area (Å²) >= 11 is 0. The number of rotatable bonds is 0. The van der Waals surface area contributed by atoms with Gasteiger partial charge in [-0.1, -0.05) is 44.9 Å². The van der Waals surface area contributed by atoms with Crippen molar-refractivity contribution in [3.8, 4) is 0 Å². The molecule has 0 atom stereocenters. The van der Waals surface area contributed by atoms with Crippen LogP contribution in [0.5, 0.6) is 0 Å². The van der Waals surface area contributed by atoms with Crippen LogP contribution in [-0.2, 0) is 0 Å². The topological polar surface area (TPSA) is 12.0 Å². The van der Waals surface area contributed by atoms with Gasteiger partial charge in [-0.2, -0.15) is 0 Å². The molecule has 0 bridgehead atoms. The minimum atomic E-state index is 0. The third kappa shape index (κ3) is 14.8. The van der Waals surface area contributed by atoms with Crippen LogP contribution in [0.4, 0.5) is 0 Å². The minimum absolute atomic E-state index is 0. The zero-order valence-electron chi connectivity index (χ0n) is 9.50. The summed E-state index contributed by atoms with van der Waals surface area (Å²) in [6.07, 6.45) is 13.0. The third-order valence-electron chi connectivity index (χ3n) is 2.71. The molecule has 1 nitrogen and oxygen atoms in total. The van der Waals surface area contributed by atoms with Gasteiger partial charge in [0, 0.05) is 0 Å². The molecule has 1 saturated heterocycles. The van der Waals surface area contributed by atoms with Gasteiger partial charge in [-0.3, -0.25) is 0 Å². The van der Waals surface area contributed by atoms with E-state index in [4.69, 9.17) is 0 Å². The van der Waals surface area contributed by atoms with E-state index in [0.29, 0.717) is 0 Å².